The van der Waals surface area contributed by atoms with E-state index >= 15 is 0 Å². The van der Waals surface area contributed by atoms with Crippen LogP contribution in [0.25, 0.3) is 16.9 Å². The molecule has 0 radical (unpaired) electrons. The Morgan fingerprint density at radius 1 is 1.32 bits per heavy atom. The van der Waals surface area contributed by atoms with Crippen molar-refractivity contribution >= 4 is 26.9 Å². The van der Waals surface area contributed by atoms with E-state index in [-0.39, 0.29) is 25.6 Å². The van der Waals surface area contributed by atoms with E-state index < -0.39 is 15.8 Å². The number of nitrogens with zero attached hydrogens (tertiary/aromatic N) is 6. The summed E-state index contributed by atoms with van der Waals surface area (Å²) in [5.41, 5.74) is 1.74. The molecule has 10 nitrogen and oxygen atoms in total. The van der Waals surface area contributed by atoms with E-state index in [1.807, 2.05) is 6.92 Å². The maximum Gasteiger partial charge on any atom is 0.350 e. The first-order chi connectivity index (χ1) is 14.9. The quantitative estimate of drug-likeness (QED) is 0.634. The van der Waals surface area contributed by atoms with Crippen LogP contribution >= 0.6 is 0 Å². The lowest BCUT2D eigenvalue weighted by Crippen LogP contribution is -2.44. The molecule has 2 aliphatic rings. The first kappa shape index (κ1) is 20.3. The van der Waals surface area contributed by atoms with E-state index in [0.717, 1.165) is 4.31 Å². The highest BCUT2D eigenvalue weighted by atomic mass is 32.2. The molecule has 0 unspecified atom stereocenters. The molecule has 0 aliphatic carbocycles. The second-order valence-electron chi connectivity index (χ2n) is 7.65. The molecule has 0 bridgehead atoms. The van der Waals surface area contributed by atoms with Crippen LogP contribution in [-0.4, -0.2) is 75.8 Å². The predicted molar refractivity (Wildman–Crippen MR) is 108 cm³/mol. The number of ether oxygens (including phenoxy) is 1. The molecule has 2 aliphatic heterocycles. The summed E-state index contributed by atoms with van der Waals surface area (Å²) in [5, 5.41) is 12.1. The van der Waals surface area contributed by atoms with Gasteiger partial charge in [0.2, 0.25) is 0 Å². The first-order valence-corrected chi connectivity index (χ1v) is 11.4. The van der Waals surface area contributed by atoms with Gasteiger partial charge in [-0.3, -0.25) is 5.10 Å². The Morgan fingerprint density at radius 2 is 2.16 bits per heavy atom. The number of aromatic nitrogens is 5. The molecule has 13 heteroatoms. The standard InChI is InChI=1S/C18H21F2N7O3S/c1-11-10-30-7-6-26(11)15-8-12-9-25(31(28,29)18(19)20)5-3-13-16(12)17(22-15)27(24-13)14-2-4-21-23-14/h2,4,8,11,18H,3,5-7,9-10H2,1H3,(H,21,23)/t11-/m1/s1. The van der Waals surface area contributed by atoms with Gasteiger partial charge in [-0.1, -0.05) is 0 Å². The number of alkyl halides is 2. The van der Waals surface area contributed by atoms with E-state index in [4.69, 9.17) is 9.72 Å². The molecule has 31 heavy (non-hydrogen) atoms. The molecule has 3 aromatic rings. The van der Waals surface area contributed by atoms with Gasteiger partial charge in [0.25, 0.3) is 10.0 Å². The van der Waals surface area contributed by atoms with Crippen LogP contribution in [0, 0.1) is 0 Å². The topological polar surface area (TPSA) is 109 Å². The molecule has 5 rings (SSSR count). The molecule has 0 saturated carbocycles. The molecule has 0 spiro atoms. The minimum Gasteiger partial charge on any atom is -0.377 e. The third-order valence-electron chi connectivity index (χ3n) is 5.68. The third-order valence-corrected chi connectivity index (χ3v) is 7.17. The largest absolute Gasteiger partial charge is 0.377 e. The Kier molecular flexibility index (Phi) is 4.90. The SMILES string of the molecule is C[C@@H]1COCCN1c1cc2c3c(nn(-c4ccn[nH]4)c3n1)CCN(S(=O)(=O)C(F)F)C2. The van der Waals surface area contributed by atoms with Crippen LogP contribution < -0.4 is 4.90 Å². The summed E-state index contributed by atoms with van der Waals surface area (Å²) in [6.07, 6.45) is 1.80. The van der Waals surface area contributed by atoms with Crippen molar-refractivity contribution in [1.82, 2.24) is 29.3 Å². The van der Waals surface area contributed by atoms with Crippen molar-refractivity contribution in [2.45, 2.75) is 31.7 Å². The lowest BCUT2D eigenvalue weighted by atomic mass is 10.1. The monoisotopic (exact) mass is 453 g/mol. The summed E-state index contributed by atoms with van der Waals surface area (Å²) in [7, 11) is -4.72. The number of anilines is 1. The van der Waals surface area contributed by atoms with Gasteiger partial charge in [0.05, 0.1) is 31.1 Å². The van der Waals surface area contributed by atoms with Crippen LogP contribution in [0.2, 0.25) is 0 Å². The number of pyridine rings is 1. The molecule has 166 valence electrons. The lowest BCUT2D eigenvalue weighted by Gasteiger charge is -2.34. The van der Waals surface area contributed by atoms with Crippen molar-refractivity contribution in [3.63, 3.8) is 0 Å². The minimum absolute atomic E-state index is 0.0561. The summed E-state index contributed by atoms with van der Waals surface area (Å²) in [6, 6.07) is 3.59. The molecule has 5 heterocycles. The second-order valence-corrected chi connectivity index (χ2v) is 9.55. The summed E-state index contributed by atoms with van der Waals surface area (Å²) < 4.78 is 58.9. The number of H-pyrrole nitrogens is 1. The lowest BCUT2D eigenvalue weighted by molar-refractivity contribution is 0.0985. The fourth-order valence-corrected chi connectivity index (χ4v) is 5.02. The summed E-state index contributed by atoms with van der Waals surface area (Å²) in [6.45, 7) is 3.44. The number of halogens is 2. The van der Waals surface area contributed by atoms with E-state index in [2.05, 4.69) is 20.2 Å². The van der Waals surface area contributed by atoms with Gasteiger partial charge >= 0.3 is 5.76 Å². The maximum absolute atomic E-state index is 13.3. The van der Waals surface area contributed by atoms with E-state index in [0.29, 0.717) is 53.7 Å². The average Bonchev–Trinajstić information content (AvgIpc) is 3.34. The Bertz CT molecular complexity index is 1210. The normalized spacial score (nSPS) is 20.5. The number of rotatable bonds is 4. The van der Waals surface area contributed by atoms with Gasteiger partial charge in [0, 0.05) is 37.5 Å². The highest BCUT2D eigenvalue weighted by molar-refractivity contribution is 7.89. The van der Waals surface area contributed by atoms with Crippen molar-refractivity contribution < 1.29 is 21.9 Å². The van der Waals surface area contributed by atoms with Crippen molar-refractivity contribution in [2.75, 3.05) is 31.2 Å². The highest BCUT2D eigenvalue weighted by Gasteiger charge is 2.35. The van der Waals surface area contributed by atoms with Crippen molar-refractivity contribution in [3.05, 3.63) is 29.6 Å². The minimum atomic E-state index is -4.72. The van der Waals surface area contributed by atoms with Crippen LogP contribution in [0.4, 0.5) is 14.6 Å². The van der Waals surface area contributed by atoms with Crippen LogP contribution in [-0.2, 0) is 27.7 Å². The van der Waals surface area contributed by atoms with Crippen LogP contribution in [0.3, 0.4) is 0 Å². The van der Waals surface area contributed by atoms with Gasteiger partial charge in [-0.05, 0) is 18.6 Å². The zero-order valence-electron chi connectivity index (χ0n) is 16.7. The number of sulfonamides is 1. The van der Waals surface area contributed by atoms with E-state index in [9.17, 15) is 17.2 Å². The molecule has 1 atom stereocenters. The first-order valence-electron chi connectivity index (χ1n) is 9.89. The van der Waals surface area contributed by atoms with E-state index in [1.54, 1.807) is 23.0 Å². The number of nitrogens with one attached hydrogen (secondary N) is 1. The van der Waals surface area contributed by atoms with Crippen molar-refractivity contribution in [2.24, 2.45) is 0 Å². The zero-order chi connectivity index (χ0) is 21.8. The Labute approximate surface area is 176 Å². The molecule has 3 aromatic heterocycles. The third kappa shape index (κ3) is 3.36. The molecule has 0 amide bonds. The van der Waals surface area contributed by atoms with Crippen LogP contribution in [0.5, 0.6) is 0 Å². The maximum atomic E-state index is 13.3. The second kappa shape index (κ2) is 7.50. The summed E-state index contributed by atoms with van der Waals surface area (Å²) >= 11 is 0. The van der Waals surface area contributed by atoms with Crippen molar-refractivity contribution in [1.29, 1.82) is 0 Å². The Morgan fingerprint density at radius 3 is 2.87 bits per heavy atom. The summed E-state index contributed by atoms with van der Waals surface area (Å²) in [4.78, 5) is 6.91. The fourth-order valence-electron chi connectivity index (χ4n) is 4.13. The number of aromatic amines is 1. The molecule has 0 aromatic carbocycles. The molecule has 1 N–H and O–H groups in total. The van der Waals surface area contributed by atoms with Crippen molar-refractivity contribution in [3.8, 4) is 5.82 Å². The van der Waals surface area contributed by atoms with E-state index in [1.165, 1.54) is 0 Å². The predicted octanol–water partition coefficient (Wildman–Crippen LogP) is 1.28. The average molecular weight is 453 g/mol. The van der Waals surface area contributed by atoms with Crippen LogP contribution in [0.1, 0.15) is 18.2 Å². The Balaban J connectivity index is 1.69. The van der Waals surface area contributed by atoms with Gasteiger partial charge in [-0.25, -0.2) is 13.4 Å². The summed E-state index contributed by atoms with van der Waals surface area (Å²) in [5.74, 6) is -2.24. The zero-order valence-corrected chi connectivity index (χ0v) is 17.5. The molecular formula is C18H21F2N7O3S. The van der Waals surface area contributed by atoms with Crippen LogP contribution in [0.15, 0.2) is 18.3 Å². The smallest absolute Gasteiger partial charge is 0.350 e. The number of hydrogen-bond donors (Lipinski definition) is 1. The molecular weight excluding hydrogens is 432 g/mol. The van der Waals surface area contributed by atoms with Gasteiger partial charge in [0.15, 0.2) is 11.5 Å². The fraction of sp³-hybridized carbons (Fsp3) is 0.500. The van der Waals surface area contributed by atoms with Gasteiger partial charge in [-0.2, -0.15) is 28.0 Å². The van der Waals surface area contributed by atoms with Gasteiger partial charge in [-0.15, -0.1) is 0 Å². The molecule has 1 saturated heterocycles. The highest BCUT2D eigenvalue weighted by Crippen LogP contribution is 2.33. The Hall–Kier alpha value is -2.64. The molecule has 1 fully saturated rings. The van der Waals surface area contributed by atoms with Gasteiger partial charge in [0.1, 0.15) is 5.82 Å². The number of hydrogen-bond acceptors (Lipinski definition) is 7. The van der Waals surface area contributed by atoms with Gasteiger partial charge < -0.3 is 9.64 Å². The number of morpholine rings is 1.